The Balaban J connectivity index is 1.57. The van der Waals surface area contributed by atoms with E-state index in [1.165, 1.54) is 5.69 Å². The molecule has 0 saturated carbocycles. The first-order valence-corrected chi connectivity index (χ1v) is 9.66. The number of benzene rings is 2. The van der Waals surface area contributed by atoms with Crippen molar-refractivity contribution in [3.63, 3.8) is 0 Å². The van der Waals surface area contributed by atoms with Crippen LogP contribution in [0.5, 0.6) is 0 Å². The summed E-state index contributed by atoms with van der Waals surface area (Å²) in [6, 6.07) is 18.2. The molecule has 1 amide bonds. The number of carbonyl (C=O) groups is 1. The molecule has 25 heavy (non-hydrogen) atoms. The van der Waals surface area contributed by atoms with Crippen LogP contribution in [0.25, 0.3) is 0 Å². The summed E-state index contributed by atoms with van der Waals surface area (Å²) >= 11 is 1.64. The van der Waals surface area contributed by atoms with Crippen LogP contribution in [0.15, 0.2) is 59.5 Å². The summed E-state index contributed by atoms with van der Waals surface area (Å²) in [5.41, 5.74) is 7.72. The highest BCUT2D eigenvalue weighted by Crippen LogP contribution is 2.28. The van der Waals surface area contributed by atoms with Gasteiger partial charge < -0.3 is 15.5 Å². The minimum absolute atomic E-state index is 0.0353. The molecule has 0 aliphatic carbocycles. The molecule has 1 aliphatic rings. The summed E-state index contributed by atoms with van der Waals surface area (Å²) in [6.45, 7) is 5.42. The second kappa shape index (κ2) is 8.30. The molecule has 2 aromatic rings. The van der Waals surface area contributed by atoms with Crippen molar-refractivity contribution < 1.29 is 4.79 Å². The van der Waals surface area contributed by atoms with E-state index in [0.717, 1.165) is 43.2 Å². The number of thioether (sulfide) groups is 1. The van der Waals surface area contributed by atoms with E-state index in [0.29, 0.717) is 0 Å². The Bertz CT molecular complexity index is 682. The van der Waals surface area contributed by atoms with E-state index in [1.807, 2.05) is 35.2 Å². The molecule has 1 fully saturated rings. The third kappa shape index (κ3) is 4.48. The Hall–Kier alpha value is -2.14. The highest BCUT2D eigenvalue weighted by molar-refractivity contribution is 8.00. The number of piperazine rings is 1. The number of amides is 1. The van der Waals surface area contributed by atoms with Crippen molar-refractivity contribution in [1.29, 1.82) is 0 Å². The van der Waals surface area contributed by atoms with E-state index in [4.69, 9.17) is 5.73 Å². The van der Waals surface area contributed by atoms with Crippen LogP contribution < -0.4 is 10.6 Å². The topological polar surface area (TPSA) is 49.6 Å². The minimum Gasteiger partial charge on any atom is -0.399 e. The zero-order valence-corrected chi connectivity index (χ0v) is 15.4. The third-order valence-electron chi connectivity index (χ3n) is 4.52. The molecule has 1 heterocycles. The minimum atomic E-state index is -0.0353. The van der Waals surface area contributed by atoms with E-state index >= 15 is 0 Å². The van der Waals surface area contributed by atoms with E-state index < -0.39 is 0 Å². The zero-order chi connectivity index (χ0) is 17.6. The lowest BCUT2D eigenvalue weighted by molar-refractivity contribution is -0.130. The van der Waals surface area contributed by atoms with Crippen LogP contribution >= 0.6 is 11.8 Å². The van der Waals surface area contributed by atoms with Gasteiger partial charge >= 0.3 is 0 Å². The van der Waals surface area contributed by atoms with Gasteiger partial charge in [0, 0.05) is 42.4 Å². The number of nitrogen functional groups attached to an aromatic ring is 1. The first-order valence-electron chi connectivity index (χ1n) is 8.78. The van der Waals surface area contributed by atoms with Crippen LogP contribution in [-0.2, 0) is 4.79 Å². The number of carbonyl (C=O) groups excluding carboxylic acids is 1. The normalized spacial score (nSPS) is 15.9. The van der Waals surface area contributed by atoms with Crippen LogP contribution in [-0.4, -0.2) is 42.2 Å². The molecule has 1 aliphatic heterocycles. The fourth-order valence-corrected chi connectivity index (χ4v) is 4.08. The molecule has 1 atom stereocenters. The highest BCUT2D eigenvalue weighted by Gasteiger charge is 2.27. The smallest absolute Gasteiger partial charge is 0.236 e. The Morgan fingerprint density at radius 2 is 1.68 bits per heavy atom. The largest absolute Gasteiger partial charge is 0.399 e. The zero-order valence-electron chi connectivity index (χ0n) is 14.6. The predicted octanol–water partition coefficient (Wildman–Crippen LogP) is 3.49. The molecule has 0 bridgehead atoms. The second-order valence-corrected chi connectivity index (χ2v) is 7.51. The standard InChI is InChI=1S/C20H25N3OS/c1-2-19(25-18-10-8-16(21)9-11-18)20(24)23-14-12-22(13-15-23)17-6-4-3-5-7-17/h3-11,19H,2,12-15,21H2,1H3. The Morgan fingerprint density at radius 3 is 2.28 bits per heavy atom. The van der Waals surface area contributed by atoms with Crippen molar-refractivity contribution in [3.8, 4) is 0 Å². The van der Waals surface area contributed by atoms with Gasteiger partial charge in [-0.15, -0.1) is 11.8 Å². The maximum Gasteiger partial charge on any atom is 0.236 e. The average Bonchev–Trinajstić information content (AvgIpc) is 2.68. The first kappa shape index (κ1) is 17.7. The molecule has 132 valence electrons. The van der Waals surface area contributed by atoms with Crippen LogP contribution in [0.3, 0.4) is 0 Å². The van der Waals surface area contributed by atoms with Gasteiger partial charge in [-0.25, -0.2) is 0 Å². The number of hydrogen-bond acceptors (Lipinski definition) is 4. The summed E-state index contributed by atoms with van der Waals surface area (Å²) in [5, 5.41) is -0.0353. The predicted molar refractivity (Wildman–Crippen MR) is 106 cm³/mol. The average molecular weight is 356 g/mol. The number of rotatable bonds is 5. The van der Waals surface area contributed by atoms with Crippen molar-refractivity contribution in [2.45, 2.75) is 23.5 Å². The Labute approximate surface area is 154 Å². The van der Waals surface area contributed by atoms with Gasteiger partial charge in [-0.1, -0.05) is 25.1 Å². The molecule has 0 radical (unpaired) electrons. The lowest BCUT2D eigenvalue weighted by atomic mass is 10.2. The number of hydrogen-bond donors (Lipinski definition) is 1. The molecule has 4 nitrogen and oxygen atoms in total. The summed E-state index contributed by atoms with van der Waals surface area (Å²) in [7, 11) is 0. The van der Waals surface area contributed by atoms with E-state index in [-0.39, 0.29) is 11.2 Å². The number of para-hydroxylation sites is 1. The molecule has 1 unspecified atom stereocenters. The molecule has 2 aromatic carbocycles. The fraction of sp³-hybridized carbons (Fsp3) is 0.350. The SMILES string of the molecule is CCC(Sc1ccc(N)cc1)C(=O)N1CCN(c2ccccc2)CC1. The van der Waals surface area contributed by atoms with Crippen LogP contribution in [0.2, 0.25) is 0 Å². The van der Waals surface area contributed by atoms with Crippen molar-refractivity contribution in [2.75, 3.05) is 36.8 Å². The highest BCUT2D eigenvalue weighted by atomic mass is 32.2. The lowest BCUT2D eigenvalue weighted by Gasteiger charge is -2.37. The molecular formula is C20H25N3OS. The third-order valence-corrected chi connectivity index (χ3v) is 5.88. The van der Waals surface area contributed by atoms with Crippen LogP contribution in [0.4, 0.5) is 11.4 Å². The van der Waals surface area contributed by atoms with E-state index in [9.17, 15) is 4.79 Å². The van der Waals surface area contributed by atoms with Gasteiger partial charge in [-0.3, -0.25) is 4.79 Å². The quantitative estimate of drug-likeness (QED) is 0.659. The van der Waals surface area contributed by atoms with Gasteiger partial charge in [0.05, 0.1) is 5.25 Å². The second-order valence-electron chi connectivity index (χ2n) is 6.23. The molecule has 3 rings (SSSR count). The lowest BCUT2D eigenvalue weighted by Crippen LogP contribution is -2.51. The van der Waals surface area contributed by atoms with Gasteiger partial charge in [0.1, 0.15) is 0 Å². The molecular weight excluding hydrogens is 330 g/mol. The van der Waals surface area contributed by atoms with Gasteiger partial charge in [-0.2, -0.15) is 0 Å². The van der Waals surface area contributed by atoms with Gasteiger partial charge in [0.2, 0.25) is 5.91 Å². The maximum absolute atomic E-state index is 12.9. The molecule has 1 saturated heterocycles. The van der Waals surface area contributed by atoms with Crippen molar-refractivity contribution >= 4 is 29.0 Å². The number of anilines is 2. The monoisotopic (exact) mass is 355 g/mol. The van der Waals surface area contributed by atoms with Crippen molar-refractivity contribution in [1.82, 2.24) is 4.90 Å². The summed E-state index contributed by atoms with van der Waals surface area (Å²) in [6.07, 6.45) is 0.826. The van der Waals surface area contributed by atoms with Crippen molar-refractivity contribution in [2.24, 2.45) is 0 Å². The molecule has 0 aromatic heterocycles. The molecule has 0 spiro atoms. The maximum atomic E-state index is 12.9. The molecule has 5 heteroatoms. The summed E-state index contributed by atoms with van der Waals surface area (Å²) in [5.74, 6) is 0.247. The Morgan fingerprint density at radius 1 is 1.04 bits per heavy atom. The van der Waals surface area contributed by atoms with Gasteiger partial charge in [-0.05, 0) is 42.8 Å². The summed E-state index contributed by atoms with van der Waals surface area (Å²) < 4.78 is 0. The fourth-order valence-electron chi connectivity index (χ4n) is 3.05. The number of nitrogens with zero attached hydrogens (tertiary/aromatic N) is 2. The van der Waals surface area contributed by atoms with Gasteiger partial charge in [0.15, 0.2) is 0 Å². The molecule has 2 N–H and O–H groups in total. The first-order chi connectivity index (χ1) is 12.2. The van der Waals surface area contributed by atoms with Crippen molar-refractivity contribution in [3.05, 3.63) is 54.6 Å². The Kier molecular flexibility index (Phi) is 5.87. The van der Waals surface area contributed by atoms with E-state index in [1.54, 1.807) is 11.8 Å². The summed E-state index contributed by atoms with van der Waals surface area (Å²) in [4.78, 5) is 18.4. The van der Waals surface area contributed by atoms with Gasteiger partial charge in [0.25, 0.3) is 0 Å². The van der Waals surface area contributed by atoms with Crippen LogP contribution in [0.1, 0.15) is 13.3 Å². The van der Waals surface area contributed by atoms with E-state index in [2.05, 4.69) is 36.1 Å². The number of nitrogens with two attached hydrogens (primary N) is 1. The van der Waals surface area contributed by atoms with Crippen LogP contribution in [0, 0.1) is 0 Å².